The van der Waals surface area contributed by atoms with E-state index in [1.165, 1.54) is 0 Å². The van der Waals surface area contributed by atoms with Crippen LogP contribution < -0.4 is 0 Å². The van der Waals surface area contributed by atoms with E-state index in [-0.39, 0.29) is 23.8 Å². The second-order valence-corrected chi connectivity index (χ2v) is 7.39. The highest BCUT2D eigenvalue weighted by Crippen LogP contribution is 2.35. The quantitative estimate of drug-likeness (QED) is 0.836. The highest BCUT2D eigenvalue weighted by molar-refractivity contribution is 5.78. The summed E-state index contributed by atoms with van der Waals surface area (Å²) >= 11 is 0. The van der Waals surface area contributed by atoms with Crippen LogP contribution in [0.5, 0.6) is 0 Å². The van der Waals surface area contributed by atoms with E-state index in [1.807, 2.05) is 13.0 Å². The third-order valence-corrected chi connectivity index (χ3v) is 5.60. The van der Waals surface area contributed by atoms with Crippen molar-refractivity contribution in [3.63, 3.8) is 0 Å². The fraction of sp³-hybridized carbons (Fsp3) is 0.684. The van der Waals surface area contributed by atoms with Gasteiger partial charge in [-0.3, -0.25) is 19.5 Å². The lowest BCUT2D eigenvalue weighted by Gasteiger charge is -2.45. The molecule has 0 unspecified atom stereocenters. The molecule has 1 aromatic heterocycles. The van der Waals surface area contributed by atoms with Gasteiger partial charge in [0, 0.05) is 43.8 Å². The molecule has 25 heavy (non-hydrogen) atoms. The molecule has 3 saturated heterocycles. The lowest BCUT2D eigenvalue weighted by Crippen LogP contribution is -2.53. The molecule has 0 aromatic carbocycles. The number of amides is 1. The molecule has 6 nitrogen and oxygen atoms in total. The number of likely N-dealkylation sites (tertiary alicyclic amines) is 1. The summed E-state index contributed by atoms with van der Waals surface area (Å²) in [6.07, 6.45) is 2.93. The van der Waals surface area contributed by atoms with Crippen molar-refractivity contribution < 1.29 is 14.4 Å². The van der Waals surface area contributed by atoms with Gasteiger partial charge >= 0.3 is 0 Å². The van der Waals surface area contributed by atoms with Gasteiger partial charge in [-0.05, 0) is 38.3 Å². The van der Waals surface area contributed by atoms with Crippen molar-refractivity contribution in [2.24, 2.45) is 11.8 Å². The molecular weight excluding hydrogens is 318 g/mol. The SMILES string of the molecule is Cc1cccc(CN2CC[C@H]3OCC[C@@H](C(=O)N4CCCO4)[C@H]3C2)n1. The smallest absolute Gasteiger partial charge is 0.249 e. The van der Waals surface area contributed by atoms with Crippen molar-refractivity contribution in [2.75, 3.05) is 32.8 Å². The maximum Gasteiger partial charge on any atom is 0.249 e. The van der Waals surface area contributed by atoms with Gasteiger partial charge in [0.15, 0.2) is 0 Å². The molecule has 3 aliphatic rings. The Bertz CT molecular complexity index is 618. The van der Waals surface area contributed by atoms with E-state index in [2.05, 4.69) is 22.0 Å². The molecule has 3 aliphatic heterocycles. The minimum Gasteiger partial charge on any atom is -0.378 e. The predicted octanol–water partition coefficient (Wildman–Crippen LogP) is 1.78. The van der Waals surface area contributed by atoms with Crippen LogP contribution in [-0.4, -0.2) is 59.8 Å². The summed E-state index contributed by atoms with van der Waals surface area (Å²) in [6.45, 7) is 6.83. The second kappa shape index (κ2) is 7.40. The summed E-state index contributed by atoms with van der Waals surface area (Å²) in [5.41, 5.74) is 2.15. The molecule has 1 amide bonds. The van der Waals surface area contributed by atoms with Crippen LogP contribution in [-0.2, 0) is 20.9 Å². The fourth-order valence-corrected chi connectivity index (χ4v) is 4.36. The number of carbonyl (C=O) groups is 1. The van der Waals surface area contributed by atoms with Crippen molar-refractivity contribution in [1.82, 2.24) is 14.9 Å². The minimum absolute atomic E-state index is 0.0186. The number of ether oxygens (including phenoxy) is 1. The maximum atomic E-state index is 12.9. The summed E-state index contributed by atoms with van der Waals surface area (Å²) in [4.78, 5) is 25.4. The standard InChI is InChI=1S/C19H27N3O3/c1-14-4-2-5-15(20-14)12-21-9-6-18-17(13-21)16(7-11-24-18)19(23)22-8-3-10-25-22/h2,4-5,16-18H,3,6-13H2,1H3/t16-,17-,18-/m1/s1. The topological polar surface area (TPSA) is 54.9 Å². The number of piperidine rings is 1. The van der Waals surface area contributed by atoms with E-state index in [1.54, 1.807) is 5.06 Å². The molecule has 136 valence electrons. The van der Waals surface area contributed by atoms with Crippen LogP contribution >= 0.6 is 0 Å². The van der Waals surface area contributed by atoms with Crippen molar-refractivity contribution in [2.45, 2.75) is 38.8 Å². The Morgan fingerprint density at radius 1 is 1.28 bits per heavy atom. The van der Waals surface area contributed by atoms with Gasteiger partial charge in [-0.25, -0.2) is 5.06 Å². The molecule has 4 rings (SSSR count). The first kappa shape index (κ1) is 16.9. The number of hydrogen-bond donors (Lipinski definition) is 0. The molecule has 0 aliphatic carbocycles. The first-order valence-electron chi connectivity index (χ1n) is 9.41. The van der Waals surface area contributed by atoms with Crippen LogP contribution in [0.1, 0.15) is 30.7 Å². The van der Waals surface area contributed by atoms with E-state index in [0.29, 0.717) is 13.2 Å². The largest absolute Gasteiger partial charge is 0.378 e. The average Bonchev–Trinajstić information content (AvgIpc) is 3.15. The monoisotopic (exact) mass is 345 g/mol. The molecule has 6 heteroatoms. The molecule has 0 saturated carbocycles. The van der Waals surface area contributed by atoms with E-state index in [4.69, 9.17) is 9.57 Å². The van der Waals surface area contributed by atoms with Gasteiger partial charge in [-0.15, -0.1) is 0 Å². The van der Waals surface area contributed by atoms with Crippen LogP contribution in [0.3, 0.4) is 0 Å². The Kier molecular flexibility index (Phi) is 5.01. The molecule has 3 atom stereocenters. The van der Waals surface area contributed by atoms with E-state index >= 15 is 0 Å². The minimum atomic E-state index is 0.0186. The number of rotatable bonds is 3. The summed E-state index contributed by atoms with van der Waals surface area (Å²) in [5, 5.41) is 1.59. The van der Waals surface area contributed by atoms with E-state index in [9.17, 15) is 4.79 Å². The Morgan fingerprint density at radius 3 is 3.00 bits per heavy atom. The van der Waals surface area contributed by atoms with Crippen LogP contribution in [0.25, 0.3) is 0 Å². The van der Waals surface area contributed by atoms with Gasteiger partial charge in [-0.1, -0.05) is 6.07 Å². The molecule has 4 heterocycles. The van der Waals surface area contributed by atoms with Crippen LogP contribution in [0.15, 0.2) is 18.2 Å². The zero-order valence-corrected chi connectivity index (χ0v) is 14.9. The number of nitrogens with zero attached hydrogens (tertiary/aromatic N) is 3. The zero-order valence-electron chi connectivity index (χ0n) is 14.9. The first-order chi connectivity index (χ1) is 12.2. The van der Waals surface area contributed by atoms with Gasteiger partial charge in [0.05, 0.1) is 24.9 Å². The molecule has 0 spiro atoms. The van der Waals surface area contributed by atoms with Gasteiger partial charge in [0.1, 0.15) is 0 Å². The first-order valence-corrected chi connectivity index (χ1v) is 9.41. The molecule has 0 N–H and O–H groups in total. The van der Waals surface area contributed by atoms with Crippen molar-refractivity contribution in [3.05, 3.63) is 29.6 Å². The molecule has 3 fully saturated rings. The summed E-state index contributed by atoms with van der Waals surface area (Å²) in [5.74, 6) is 0.431. The number of pyridine rings is 1. The number of hydrogen-bond acceptors (Lipinski definition) is 5. The normalized spacial score (nSPS) is 30.3. The molecule has 0 bridgehead atoms. The van der Waals surface area contributed by atoms with Gasteiger partial charge in [-0.2, -0.15) is 0 Å². The molecule has 1 aromatic rings. The summed E-state index contributed by atoms with van der Waals surface area (Å²) in [7, 11) is 0. The highest BCUT2D eigenvalue weighted by atomic mass is 16.7. The van der Waals surface area contributed by atoms with Crippen LogP contribution in [0.4, 0.5) is 0 Å². The number of fused-ring (bicyclic) bond motifs is 1. The lowest BCUT2D eigenvalue weighted by atomic mass is 9.79. The highest BCUT2D eigenvalue weighted by Gasteiger charge is 2.43. The van der Waals surface area contributed by atoms with E-state index < -0.39 is 0 Å². The van der Waals surface area contributed by atoms with Crippen molar-refractivity contribution in [1.29, 1.82) is 0 Å². The van der Waals surface area contributed by atoms with Crippen LogP contribution in [0, 0.1) is 18.8 Å². The Morgan fingerprint density at radius 2 is 2.20 bits per heavy atom. The Balaban J connectivity index is 1.44. The van der Waals surface area contributed by atoms with Gasteiger partial charge in [0.2, 0.25) is 5.91 Å². The third-order valence-electron chi connectivity index (χ3n) is 5.60. The summed E-state index contributed by atoms with van der Waals surface area (Å²) in [6, 6.07) is 6.16. The van der Waals surface area contributed by atoms with E-state index in [0.717, 1.165) is 56.8 Å². The number of carbonyl (C=O) groups excluding carboxylic acids is 1. The summed E-state index contributed by atoms with van der Waals surface area (Å²) < 4.78 is 5.99. The molecule has 0 radical (unpaired) electrons. The lowest BCUT2D eigenvalue weighted by molar-refractivity contribution is -0.185. The van der Waals surface area contributed by atoms with Crippen LogP contribution in [0.2, 0.25) is 0 Å². The maximum absolute atomic E-state index is 12.9. The Hall–Kier alpha value is -1.50. The number of aryl methyl sites for hydroxylation is 1. The number of aromatic nitrogens is 1. The fourth-order valence-electron chi connectivity index (χ4n) is 4.36. The third kappa shape index (κ3) is 3.71. The number of hydroxylamine groups is 2. The Labute approximate surface area is 149 Å². The van der Waals surface area contributed by atoms with Crippen molar-refractivity contribution in [3.8, 4) is 0 Å². The predicted molar refractivity (Wildman–Crippen MR) is 92.5 cm³/mol. The van der Waals surface area contributed by atoms with Gasteiger partial charge < -0.3 is 4.74 Å². The second-order valence-electron chi connectivity index (χ2n) is 7.39. The molecular formula is C19H27N3O3. The van der Waals surface area contributed by atoms with Crippen molar-refractivity contribution >= 4 is 5.91 Å². The van der Waals surface area contributed by atoms with Gasteiger partial charge in [0.25, 0.3) is 0 Å². The average molecular weight is 345 g/mol. The zero-order chi connectivity index (χ0) is 17.2.